The van der Waals surface area contributed by atoms with Crippen molar-refractivity contribution in [2.45, 2.75) is 13.5 Å². The minimum absolute atomic E-state index is 0.762. The highest BCUT2D eigenvalue weighted by atomic mass is 32.1. The van der Waals surface area contributed by atoms with Crippen LogP contribution < -0.4 is 5.32 Å². The van der Waals surface area contributed by atoms with Gasteiger partial charge in [-0.15, -0.1) is 0 Å². The van der Waals surface area contributed by atoms with E-state index in [0.717, 1.165) is 28.6 Å². The van der Waals surface area contributed by atoms with Crippen molar-refractivity contribution in [3.63, 3.8) is 0 Å². The predicted octanol–water partition coefficient (Wildman–Crippen LogP) is 2.43. The fraction of sp³-hybridized carbons (Fsp3) is 0.300. The van der Waals surface area contributed by atoms with Crippen molar-refractivity contribution < 1.29 is 4.42 Å². The third-order valence-corrected chi connectivity index (χ3v) is 2.78. The zero-order valence-electron chi connectivity index (χ0n) is 8.20. The third kappa shape index (κ3) is 1.86. The molecule has 2 heterocycles. The minimum atomic E-state index is 0.762. The topological polar surface area (TPSA) is 38.1 Å². The van der Waals surface area contributed by atoms with Crippen LogP contribution in [0.2, 0.25) is 0 Å². The number of nitrogens with one attached hydrogen (secondary N) is 1. The molecule has 2 aromatic heterocycles. The van der Waals surface area contributed by atoms with Gasteiger partial charge in [-0.1, -0.05) is 0 Å². The monoisotopic (exact) mass is 208 g/mol. The average molecular weight is 208 g/mol. The third-order valence-electron chi connectivity index (χ3n) is 1.88. The maximum absolute atomic E-state index is 5.63. The van der Waals surface area contributed by atoms with Crippen LogP contribution in [0, 0.1) is 6.92 Å². The van der Waals surface area contributed by atoms with Crippen molar-refractivity contribution >= 4 is 11.5 Å². The molecule has 0 saturated heterocycles. The molecular formula is C10H12N2OS. The molecule has 0 aliphatic heterocycles. The Morgan fingerprint density at radius 2 is 2.36 bits per heavy atom. The molecule has 0 aliphatic carbocycles. The zero-order chi connectivity index (χ0) is 9.97. The summed E-state index contributed by atoms with van der Waals surface area (Å²) in [6.45, 7) is 2.75. The molecule has 0 spiro atoms. The maximum Gasteiger partial charge on any atom is 0.145 e. The SMILES string of the molecule is CNCc1ccc(-c2cc(C)ns2)o1. The van der Waals surface area contributed by atoms with E-state index in [4.69, 9.17) is 4.42 Å². The number of aryl methyl sites for hydroxylation is 1. The van der Waals surface area contributed by atoms with Gasteiger partial charge >= 0.3 is 0 Å². The van der Waals surface area contributed by atoms with Gasteiger partial charge in [0.2, 0.25) is 0 Å². The molecule has 0 amide bonds. The van der Waals surface area contributed by atoms with Crippen LogP contribution in [0.3, 0.4) is 0 Å². The Kier molecular flexibility index (Phi) is 2.65. The first-order valence-electron chi connectivity index (χ1n) is 4.46. The molecule has 0 atom stereocenters. The molecular weight excluding hydrogens is 196 g/mol. The Bertz CT molecular complexity index is 419. The molecule has 74 valence electrons. The normalized spacial score (nSPS) is 10.7. The summed E-state index contributed by atoms with van der Waals surface area (Å²) in [4.78, 5) is 1.09. The van der Waals surface area contributed by atoms with Gasteiger partial charge in [0.15, 0.2) is 0 Å². The summed E-state index contributed by atoms with van der Waals surface area (Å²) in [5.41, 5.74) is 1.04. The van der Waals surface area contributed by atoms with Crippen LogP contribution in [0.4, 0.5) is 0 Å². The lowest BCUT2D eigenvalue weighted by Crippen LogP contribution is -2.03. The number of hydrogen-bond donors (Lipinski definition) is 1. The second-order valence-electron chi connectivity index (χ2n) is 3.13. The van der Waals surface area contributed by atoms with Crippen molar-refractivity contribution in [2.24, 2.45) is 0 Å². The largest absolute Gasteiger partial charge is 0.459 e. The van der Waals surface area contributed by atoms with Gasteiger partial charge in [-0.05, 0) is 43.7 Å². The van der Waals surface area contributed by atoms with E-state index in [1.165, 1.54) is 11.5 Å². The number of aromatic nitrogens is 1. The fourth-order valence-corrected chi connectivity index (χ4v) is 1.98. The van der Waals surface area contributed by atoms with Crippen LogP contribution in [0.15, 0.2) is 22.6 Å². The predicted molar refractivity (Wildman–Crippen MR) is 57.3 cm³/mol. The standard InChI is InChI=1S/C10H12N2OS/c1-7-5-10(14-12-7)9-4-3-8(13-9)6-11-2/h3-5,11H,6H2,1-2H3. The van der Waals surface area contributed by atoms with Crippen LogP contribution in [0.25, 0.3) is 10.6 Å². The summed E-state index contributed by atoms with van der Waals surface area (Å²) >= 11 is 1.47. The highest BCUT2D eigenvalue weighted by Gasteiger charge is 2.06. The Balaban J connectivity index is 2.24. The molecule has 0 radical (unpaired) electrons. The van der Waals surface area contributed by atoms with Gasteiger partial charge in [-0.3, -0.25) is 0 Å². The smallest absolute Gasteiger partial charge is 0.145 e. The summed E-state index contributed by atoms with van der Waals surface area (Å²) < 4.78 is 9.85. The van der Waals surface area contributed by atoms with Gasteiger partial charge in [0.05, 0.1) is 17.1 Å². The Morgan fingerprint density at radius 3 is 3.00 bits per heavy atom. The molecule has 4 heteroatoms. The molecule has 2 rings (SSSR count). The first kappa shape index (κ1) is 9.43. The molecule has 0 saturated carbocycles. The van der Waals surface area contributed by atoms with Gasteiger partial charge in [-0.2, -0.15) is 4.37 Å². The second kappa shape index (κ2) is 3.94. The van der Waals surface area contributed by atoms with Crippen molar-refractivity contribution in [2.75, 3.05) is 7.05 Å². The quantitative estimate of drug-likeness (QED) is 0.841. The van der Waals surface area contributed by atoms with Gasteiger partial charge < -0.3 is 9.73 Å². The number of hydrogen-bond acceptors (Lipinski definition) is 4. The highest BCUT2D eigenvalue weighted by molar-refractivity contribution is 7.09. The van der Waals surface area contributed by atoms with Gasteiger partial charge in [0.1, 0.15) is 11.5 Å². The lowest BCUT2D eigenvalue weighted by Gasteiger charge is -1.92. The average Bonchev–Trinajstić information content (AvgIpc) is 2.74. The van der Waals surface area contributed by atoms with E-state index < -0.39 is 0 Å². The molecule has 0 fully saturated rings. The van der Waals surface area contributed by atoms with Gasteiger partial charge in [0, 0.05) is 0 Å². The van der Waals surface area contributed by atoms with Crippen LogP contribution in [-0.2, 0) is 6.54 Å². The van der Waals surface area contributed by atoms with E-state index >= 15 is 0 Å². The molecule has 2 aromatic rings. The van der Waals surface area contributed by atoms with Crippen molar-refractivity contribution in [3.8, 4) is 10.6 Å². The molecule has 0 bridgehead atoms. The van der Waals surface area contributed by atoms with E-state index in [0.29, 0.717) is 0 Å². The van der Waals surface area contributed by atoms with Crippen LogP contribution in [0.1, 0.15) is 11.5 Å². The van der Waals surface area contributed by atoms with Gasteiger partial charge in [0.25, 0.3) is 0 Å². The second-order valence-corrected chi connectivity index (χ2v) is 3.93. The summed E-state index contributed by atoms with van der Waals surface area (Å²) in [5, 5.41) is 3.05. The van der Waals surface area contributed by atoms with Crippen molar-refractivity contribution in [3.05, 3.63) is 29.7 Å². The number of furan rings is 1. The summed E-state index contributed by atoms with van der Waals surface area (Å²) in [5.74, 6) is 1.86. The first-order valence-corrected chi connectivity index (χ1v) is 5.24. The molecule has 14 heavy (non-hydrogen) atoms. The summed E-state index contributed by atoms with van der Waals surface area (Å²) in [7, 11) is 1.90. The van der Waals surface area contributed by atoms with Crippen molar-refractivity contribution in [1.29, 1.82) is 0 Å². The highest BCUT2D eigenvalue weighted by Crippen LogP contribution is 2.26. The van der Waals surface area contributed by atoms with E-state index in [1.807, 2.05) is 32.2 Å². The molecule has 3 nitrogen and oxygen atoms in total. The minimum Gasteiger partial charge on any atom is -0.459 e. The van der Waals surface area contributed by atoms with Gasteiger partial charge in [-0.25, -0.2) is 0 Å². The zero-order valence-corrected chi connectivity index (χ0v) is 9.02. The van der Waals surface area contributed by atoms with Crippen LogP contribution in [-0.4, -0.2) is 11.4 Å². The molecule has 0 unspecified atom stereocenters. The van der Waals surface area contributed by atoms with Crippen LogP contribution >= 0.6 is 11.5 Å². The lowest BCUT2D eigenvalue weighted by atomic mass is 10.3. The molecule has 1 N–H and O–H groups in total. The maximum atomic E-state index is 5.63. The number of rotatable bonds is 3. The lowest BCUT2D eigenvalue weighted by molar-refractivity contribution is 0.508. The Labute approximate surface area is 86.9 Å². The summed E-state index contributed by atoms with van der Waals surface area (Å²) in [6.07, 6.45) is 0. The fourth-order valence-electron chi connectivity index (χ4n) is 1.26. The summed E-state index contributed by atoms with van der Waals surface area (Å²) in [6, 6.07) is 6.01. The molecule has 0 aromatic carbocycles. The van der Waals surface area contributed by atoms with E-state index in [1.54, 1.807) is 0 Å². The van der Waals surface area contributed by atoms with E-state index in [9.17, 15) is 0 Å². The Hall–Kier alpha value is -1.13. The van der Waals surface area contributed by atoms with E-state index in [-0.39, 0.29) is 0 Å². The number of nitrogens with zero attached hydrogens (tertiary/aromatic N) is 1. The Morgan fingerprint density at radius 1 is 1.50 bits per heavy atom. The molecule has 0 aliphatic rings. The van der Waals surface area contributed by atoms with E-state index in [2.05, 4.69) is 9.69 Å². The van der Waals surface area contributed by atoms with Crippen molar-refractivity contribution in [1.82, 2.24) is 9.69 Å². The van der Waals surface area contributed by atoms with Crippen LogP contribution in [0.5, 0.6) is 0 Å². The first-order chi connectivity index (χ1) is 6.79.